The molecule has 0 aliphatic heterocycles. The maximum absolute atomic E-state index is 13.5. The second-order valence-electron chi connectivity index (χ2n) is 8.80. The molecule has 4 aromatic carbocycles. The van der Waals surface area contributed by atoms with Crippen molar-refractivity contribution in [1.29, 1.82) is 0 Å². The Morgan fingerprint density at radius 2 is 1.55 bits per heavy atom. The average molecular weight is 509 g/mol. The van der Waals surface area contributed by atoms with Crippen molar-refractivity contribution in [2.24, 2.45) is 0 Å². The first-order chi connectivity index (χ1) is 18.5. The number of furan rings is 1. The van der Waals surface area contributed by atoms with Gasteiger partial charge in [-0.1, -0.05) is 48.5 Å². The van der Waals surface area contributed by atoms with Gasteiger partial charge in [-0.15, -0.1) is 0 Å². The summed E-state index contributed by atoms with van der Waals surface area (Å²) in [7, 11) is 1.54. The van der Waals surface area contributed by atoms with Crippen LogP contribution in [0.1, 0.15) is 32.3 Å². The van der Waals surface area contributed by atoms with Gasteiger partial charge < -0.3 is 20.2 Å². The molecule has 0 fully saturated rings. The van der Waals surface area contributed by atoms with Gasteiger partial charge in [-0.2, -0.15) is 0 Å². The van der Waals surface area contributed by atoms with Gasteiger partial charge in [0.25, 0.3) is 11.8 Å². The van der Waals surface area contributed by atoms with Crippen molar-refractivity contribution in [3.63, 3.8) is 0 Å². The molecule has 6 nitrogen and oxygen atoms in total. The number of rotatable bonds is 7. The van der Waals surface area contributed by atoms with Crippen LogP contribution in [-0.2, 0) is 0 Å². The van der Waals surface area contributed by atoms with Crippen LogP contribution >= 0.6 is 0 Å². The highest BCUT2D eigenvalue weighted by Gasteiger charge is 2.22. The molecule has 0 saturated carbocycles. The van der Waals surface area contributed by atoms with E-state index in [9.17, 15) is 19.1 Å². The molecule has 3 N–H and O–H groups in total. The van der Waals surface area contributed by atoms with Gasteiger partial charge in [-0.05, 0) is 65.2 Å². The molecular formula is C31H25FN2O4. The third-order valence-corrected chi connectivity index (χ3v) is 6.40. The lowest BCUT2D eigenvalue weighted by Crippen LogP contribution is -2.30. The van der Waals surface area contributed by atoms with Gasteiger partial charge >= 0.3 is 0 Å². The standard InChI is InChI=1S/C31H25FN2O4/c1-33-31(37)28-25-17-22(12-15-27(25)38-29(28)20-10-13-24(32)14-11-20)21-8-5-9-23(16-21)30(36)34-26(18-35)19-6-3-2-4-7-19/h2-17,26,35H,18H2,1H3,(H,33,37)(H,34,36). The van der Waals surface area contributed by atoms with Crippen molar-refractivity contribution in [3.8, 4) is 22.5 Å². The lowest BCUT2D eigenvalue weighted by Gasteiger charge is -2.17. The molecule has 7 heteroatoms. The van der Waals surface area contributed by atoms with E-state index < -0.39 is 6.04 Å². The Balaban J connectivity index is 1.50. The molecule has 190 valence electrons. The number of amides is 2. The minimum atomic E-state index is -0.533. The van der Waals surface area contributed by atoms with Gasteiger partial charge in [-0.3, -0.25) is 9.59 Å². The van der Waals surface area contributed by atoms with Crippen molar-refractivity contribution in [3.05, 3.63) is 120 Å². The van der Waals surface area contributed by atoms with Crippen LogP contribution in [0.25, 0.3) is 33.4 Å². The van der Waals surface area contributed by atoms with Gasteiger partial charge in [0.05, 0.1) is 18.2 Å². The van der Waals surface area contributed by atoms with E-state index in [2.05, 4.69) is 10.6 Å². The monoisotopic (exact) mass is 508 g/mol. The van der Waals surface area contributed by atoms with E-state index in [4.69, 9.17) is 4.42 Å². The number of hydrogen-bond acceptors (Lipinski definition) is 4. The largest absolute Gasteiger partial charge is 0.455 e. The molecule has 0 saturated heterocycles. The van der Waals surface area contributed by atoms with Crippen molar-refractivity contribution < 1.29 is 23.5 Å². The Kier molecular flexibility index (Phi) is 7.02. The van der Waals surface area contributed by atoms with E-state index in [1.165, 1.54) is 19.2 Å². The molecular weight excluding hydrogens is 483 g/mol. The summed E-state index contributed by atoms with van der Waals surface area (Å²) in [6.07, 6.45) is 0. The number of benzene rings is 4. The van der Waals surface area contributed by atoms with E-state index >= 15 is 0 Å². The average Bonchev–Trinajstić information content (AvgIpc) is 3.35. The van der Waals surface area contributed by atoms with E-state index in [1.54, 1.807) is 36.4 Å². The number of hydrogen-bond donors (Lipinski definition) is 3. The van der Waals surface area contributed by atoms with E-state index in [0.29, 0.717) is 33.4 Å². The lowest BCUT2D eigenvalue weighted by molar-refractivity contribution is 0.0915. The van der Waals surface area contributed by atoms with Gasteiger partial charge in [0.15, 0.2) is 0 Å². The molecule has 0 spiro atoms. The summed E-state index contributed by atoms with van der Waals surface area (Å²) in [5.74, 6) is -0.680. The highest BCUT2D eigenvalue weighted by molar-refractivity contribution is 6.11. The Labute approximate surface area is 218 Å². The Bertz CT molecular complexity index is 1610. The van der Waals surface area contributed by atoms with Crippen molar-refractivity contribution >= 4 is 22.8 Å². The third kappa shape index (κ3) is 4.92. The van der Waals surface area contributed by atoms with Crippen LogP contribution in [0.3, 0.4) is 0 Å². The number of nitrogens with one attached hydrogen (secondary N) is 2. The molecule has 1 unspecified atom stereocenters. The van der Waals surface area contributed by atoms with Crippen molar-refractivity contribution in [1.82, 2.24) is 10.6 Å². The second kappa shape index (κ2) is 10.7. The first-order valence-corrected chi connectivity index (χ1v) is 12.1. The highest BCUT2D eigenvalue weighted by atomic mass is 19.1. The van der Waals surface area contributed by atoms with Crippen LogP contribution in [0.4, 0.5) is 4.39 Å². The zero-order valence-corrected chi connectivity index (χ0v) is 20.6. The second-order valence-corrected chi connectivity index (χ2v) is 8.80. The third-order valence-electron chi connectivity index (χ3n) is 6.40. The number of aliphatic hydroxyl groups excluding tert-OH is 1. The first kappa shape index (κ1) is 24.9. The van der Waals surface area contributed by atoms with Crippen LogP contribution in [0.2, 0.25) is 0 Å². The quantitative estimate of drug-likeness (QED) is 0.262. The maximum atomic E-state index is 13.5. The predicted molar refractivity (Wildman–Crippen MR) is 144 cm³/mol. The minimum absolute atomic E-state index is 0.231. The number of carbonyl (C=O) groups is 2. The molecule has 0 bridgehead atoms. The Hall–Kier alpha value is -4.75. The number of halogens is 1. The van der Waals surface area contributed by atoms with E-state index in [-0.39, 0.29) is 24.2 Å². The van der Waals surface area contributed by atoms with Crippen LogP contribution in [0.15, 0.2) is 101 Å². The zero-order valence-electron chi connectivity index (χ0n) is 20.6. The normalized spacial score (nSPS) is 11.8. The van der Waals surface area contributed by atoms with E-state index in [1.807, 2.05) is 48.5 Å². The summed E-state index contributed by atoms with van der Waals surface area (Å²) < 4.78 is 19.5. The van der Waals surface area contributed by atoms with Crippen LogP contribution in [0.5, 0.6) is 0 Å². The smallest absolute Gasteiger partial charge is 0.255 e. The van der Waals surface area contributed by atoms with Crippen molar-refractivity contribution in [2.45, 2.75) is 6.04 Å². The summed E-state index contributed by atoms with van der Waals surface area (Å²) >= 11 is 0. The molecule has 38 heavy (non-hydrogen) atoms. The topological polar surface area (TPSA) is 91.6 Å². The molecule has 0 radical (unpaired) electrons. The number of aliphatic hydroxyl groups is 1. The summed E-state index contributed by atoms with van der Waals surface area (Å²) in [5.41, 5.74) is 4.23. The number of carbonyl (C=O) groups excluding carboxylic acids is 2. The van der Waals surface area contributed by atoms with Gasteiger partial charge in [0.1, 0.15) is 17.2 Å². The fourth-order valence-electron chi connectivity index (χ4n) is 4.43. The molecule has 1 atom stereocenters. The minimum Gasteiger partial charge on any atom is -0.455 e. The molecule has 2 amide bonds. The van der Waals surface area contributed by atoms with Gasteiger partial charge in [0, 0.05) is 23.6 Å². The van der Waals surface area contributed by atoms with Gasteiger partial charge in [-0.25, -0.2) is 4.39 Å². The Morgan fingerprint density at radius 1 is 0.842 bits per heavy atom. The summed E-state index contributed by atoms with van der Waals surface area (Å²) in [6, 6.07) is 27.1. The van der Waals surface area contributed by atoms with E-state index in [0.717, 1.165) is 16.7 Å². The molecule has 0 aliphatic carbocycles. The molecule has 1 heterocycles. The summed E-state index contributed by atoms with van der Waals surface area (Å²) in [5, 5.41) is 16.0. The summed E-state index contributed by atoms with van der Waals surface area (Å²) in [6.45, 7) is -0.231. The lowest BCUT2D eigenvalue weighted by atomic mass is 9.98. The van der Waals surface area contributed by atoms with Crippen LogP contribution in [0, 0.1) is 5.82 Å². The SMILES string of the molecule is CNC(=O)c1c(-c2ccc(F)cc2)oc2ccc(-c3cccc(C(=O)NC(CO)c4ccccc4)c3)cc12. The number of fused-ring (bicyclic) bond motifs is 1. The molecule has 5 rings (SSSR count). The summed E-state index contributed by atoms with van der Waals surface area (Å²) in [4.78, 5) is 25.9. The van der Waals surface area contributed by atoms with Crippen LogP contribution in [-0.4, -0.2) is 30.6 Å². The van der Waals surface area contributed by atoms with Crippen molar-refractivity contribution in [2.75, 3.05) is 13.7 Å². The first-order valence-electron chi connectivity index (χ1n) is 12.1. The maximum Gasteiger partial charge on any atom is 0.255 e. The zero-order chi connectivity index (χ0) is 26.6. The van der Waals surface area contributed by atoms with Crippen LogP contribution < -0.4 is 10.6 Å². The predicted octanol–water partition coefficient (Wildman–Crippen LogP) is 5.73. The fraction of sp³-hybridized carbons (Fsp3) is 0.0968. The Morgan fingerprint density at radius 3 is 2.26 bits per heavy atom. The van der Waals surface area contributed by atoms with Gasteiger partial charge in [0.2, 0.25) is 0 Å². The molecule has 1 aromatic heterocycles. The molecule has 5 aromatic rings. The molecule has 0 aliphatic rings. The fourth-order valence-corrected chi connectivity index (χ4v) is 4.43. The highest BCUT2D eigenvalue weighted by Crippen LogP contribution is 2.36.